The van der Waals surface area contributed by atoms with Gasteiger partial charge in [0.05, 0.1) is 39.5 Å². The summed E-state index contributed by atoms with van der Waals surface area (Å²) in [5.41, 5.74) is 3.10. The van der Waals surface area contributed by atoms with E-state index in [1.165, 1.54) is 18.9 Å². The summed E-state index contributed by atoms with van der Waals surface area (Å²) in [7, 11) is 4.53. The van der Waals surface area contributed by atoms with Crippen molar-refractivity contribution in [2.24, 2.45) is 0 Å². The second-order valence-corrected chi connectivity index (χ2v) is 8.11. The van der Waals surface area contributed by atoms with Crippen LogP contribution in [0.15, 0.2) is 41.3 Å². The monoisotopic (exact) mass is 429 g/mol. The molecule has 0 saturated heterocycles. The summed E-state index contributed by atoms with van der Waals surface area (Å²) in [6.45, 7) is 2.57. The maximum atomic E-state index is 13.1. The molecule has 6 nitrogen and oxygen atoms in total. The van der Waals surface area contributed by atoms with Gasteiger partial charge in [-0.25, -0.2) is 0 Å². The van der Waals surface area contributed by atoms with Gasteiger partial charge in [0, 0.05) is 11.4 Å². The summed E-state index contributed by atoms with van der Waals surface area (Å²) in [4.78, 5) is 28.2. The Hall–Kier alpha value is -2.67. The molecule has 0 aliphatic carbocycles. The van der Waals surface area contributed by atoms with E-state index in [2.05, 4.69) is 0 Å². The maximum Gasteiger partial charge on any atom is 0.307 e. The fourth-order valence-electron chi connectivity index (χ4n) is 3.73. The van der Waals surface area contributed by atoms with Gasteiger partial charge in [-0.3, -0.25) is 9.59 Å². The van der Waals surface area contributed by atoms with E-state index in [1.807, 2.05) is 43.3 Å². The lowest BCUT2D eigenvalue weighted by Gasteiger charge is -2.37. The predicted molar refractivity (Wildman–Crippen MR) is 116 cm³/mol. The molecule has 1 heterocycles. The highest BCUT2D eigenvalue weighted by atomic mass is 32.2. The predicted octanol–water partition coefficient (Wildman–Crippen LogP) is 3.79. The number of fused-ring (bicyclic) bond motifs is 1. The highest BCUT2D eigenvalue weighted by Crippen LogP contribution is 2.40. The van der Waals surface area contributed by atoms with Crippen molar-refractivity contribution >= 4 is 23.6 Å². The van der Waals surface area contributed by atoms with Crippen LogP contribution in [0.2, 0.25) is 0 Å². The number of benzene rings is 2. The Morgan fingerprint density at radius 1 is 1.10 bits per heavy atom. The number of esters is 1. The van der Waals surface area contributed by atoms with Crippen molar-refractivity contribution in [3.05, 3.63) is 53.1 Å². The number of carbonyl (C=O) groups is 2. The van der Waals surface area contributed by atoms with Gasteiger partial charge in [0.1, 0.15) is 0 Å². The van der Waals surface area contributed by atoms with Gasteiger partial charge in [0.15, 0.2) is 11.5 Å². The van der Waals surface area contributed by atoms with Crippen LogP contribution in [0, 0.1) is 6.92 Å². The normalized spacial score (nSPS) is 15.3. The Morgan fingerprint density at radius 3 is 2.47 bits per heavy atom. The number of hydrogen-bond acceptors (Lipinski definition) is 6. The average Bonchev–Trinajstić information content (AvgIpc) is 2.77. The Bertz CT molecular complexity index is 930. The third kappa shape index (κ3) is 4.73. The fourth-order valence-corrected chi connectivity index (χ4v) is 4.64. The van der Waals surface area contributed by atoms with Crippen LogP contribution in [0.5, 0.6) is 11.5 Å². The molecule has 1 atom stereocenters. The maximum absolute atomic E-state index is 13.1. The Kier molecular flexibility index (Phi) is 7.26. The SMILES string of the molecule is COC(=O)C[C@@H]1c2cc(OC)c(OC)cc2CCN1C(=O)CSc1ccccc1C. The van der Waals surface area contributed by atoms with Gasteiger partial charge in [-0.1, -0.05) is 18.2 Å². The smallest absolute Gasteiger partial charge is 0.307 e. The Morgan fingerprint density at radius 2 is 1.80 bits per heavy atom. The zero-order valence-electron chi connectivity index (χ0n) is 17.8. The third-order valence-corrected chi connectivity index (χ3v) is 6.52. The summed E-state index contributed by atoms with van der Waals surface area (Å²) >= 11 is 1.52. The quantitative estimate of drug-likeness (QED) is 0.493. The van der Waals surface area contributed by atoms with Gasteiger partial charge in [-0.2, -0.15) is 0 Å². The van der Waals surface area contributed by atoms with Crippen molar-refractivity contribution in [1.29, 1.82) is 0 Å². The van der Waals surface area contributed by atoms with E-state index in [0.29, 0.717) is 30.2 Å². The zero-order chi connectivity index (χ0) is 21.7. The molecule has 0 aromatic heterocycles. The van der Waals surface area contributed by atoms with Crippen molar-refractivity contribution in [3.8, 4) is 11.5 Å². The minimum atomic E-state index is -0.397. The summed E-state index contributed by atoms with van der Waals surface area (Å²) in [6.07, 6.45) is 0.786. The van der Waals surface area contributed by atoms with Crippen LogP contribution < -0.4 is 9.47 Å². The van der Waals surface area contributed by atoms with E-state index in [0.717, 1.165) is 21.6 Å². The van der Waals surface area contributed by atoms with Crippen molar-refractivity contribution in [1.82, 2.24) is 4.90 Å². The van der Waals surface area contributed by atoms with E-state index in [1.54, 1.807) is 19.1 Å². The number of amides is 1. The first-order valence-electron chi connectivity index (χ1n) is 9.78. The summed E-state index contributed by atoms with van der Waals surface area (Å²) in [5, 5.41) is 0. The zero-order valence-corrected chi connectivity index (χ0v) is 18.6. The third-order valence-electron chi connectivity index (χ3n) is 5.36. The Balaban J connectivity index is 1.87. The van der Waals surface area contributed by atoms with Gasteiger partial charge in [-0.15, -0.1) is 11.8 Å². The van der Waals surface area contributed by atoms with Crippen LogP contribution >= 0.6 is 11.8 Å². The van der Waals surface area contributed by atoms with Crippen LogP contribution in [-0.4, -0.2) is 50.4 Å². The molecular weight excluding hydrogens is 402 g/mol. The van der Waals surface area contributed by atoms with Crippen LogP contribution in [-0.2, 0) is 20.7 Å². The molecule has 0 unspecified atom stereocenters. The fraction of sp³-hybridized carbons (Fsp3) is 0.391. The molecule has 0 fully saturated rings. The van der Waals surface area contributed by atoms with E-state index in [9.17, 15) is 9.59 Å². The number of hydrogen-bond donors (Lipinski definition) is 0. The molecule has 30 heavy (non-hydrogen) atoms. The molecule has 0 bridgehead atoms. The molecule has 1 amide bonds. The molecule has 3 rings (SSSR count). The number of nitrogens with zero attached hydrogens (tertiary/aromatic N) is 1. The molecule has 2 aromatic carbocycles. The second-order valence-electron chi connectivity index (χ2n) is 7.09. The van der Waals surface area contributed by atoms with Gasteiger partial charge < -0.3 is 19.1 Å². The van der Waals surface area contributed by atoms with Gasteiger partial charge >= 0.3 is 5.97 Å². The highest BCUT2D eigenvalue weighted by molar-refractivity contribution is 8.00. The lowest BCUT2D eigenvalue weighted by Crippen LogP contribution is -2.42. The van der Waals surface area contributed by atoms with Gasteiger partial charge in [-0.05, 0) is 48.2 Å². The van der Waals surface area contributed by atoms with E-state index >= 15 is 0 Å². The number of carbonyl (C=O) groups excluding carboxylic acids is 2. The summed E-state index contributed by atoms with van der Waals surface area (Å²) < 4.78 is 15.8. The van der Waals surface area contributed by atoms with Crippen molar-refractivity contribution < 1.29 is 23.8 Å². The first-order chi connectivity index (χ1) is 14.5. The minimum Gasteiger partial charge on any atom is -0.493 e. The second kappa shape index (κ2) is 9.89. The summed E-state index contributed by atoms with van der Waals surface area (Å²) in [6, 6.07) is 11.4. The number of thioether (sulfide) groups is 1. The minimum absolute atomic E-state index is 0.00223. The molecule has 0 radical (unpaired) electrons. The van der Waals surface area contributed by atoms with Crippen LogP contribution in [0.3, 0.4) is 0 Å². The van der Waals surface area contributed by atoms with Gasteiger partial charge in [0.2, 0.25) is 5.91 Å². The van der Waals surface area contributed by atoms with Crippen molar-refractivity contribution in [3.63, 3.8) is 0 Å². The molecule has 1 aliphatic rings. The van der Waals surface area contributed by atoms with E-state index in [-0.39, 0.29) is 18.3 Å². The molecule has 2 aromatic rings. The van der Waals surface area contributed by atoms with Crippen molar-refractivity contribution in [2.75, 3.05) is 33.6 Å². The first-order valence-corrected chi connectivity index (χ1v) is 10.8. The Labute approximate surface area is 181 Å². The van der Waals surface area contributed by atoms with Crippen LogP contribution in [0.4, 0.5) is 0 Å². The molecular formula is C23H27NO5S. The molecule has 7 heteroatoms. The number of rotatable bonds is 7. The van der Waals surface area contributed by atoms with Gasteiger partial charge in [0.25, 0.3) is 0 Å². The largest absolute Gasteiger partial charge is 0.493 e. The molecule has 160 valence electrons. The van der Waals surface area contributed by atoms with Crippen LogP contribution in [0.1, 0.15) is 29.2 Å². The van der Waals surface area contributed by atoms with E-state index in [4.69, 9.17) is 14.2 Å². The molecule has 0 spiro atoms. The first kappa shape index (κ1) is 22.0. The standard InChI is InChI=1S/C23H27NO5S/c1-15-7-5-6-8-21(15)30-14-22(25)24-10-9-16-11-19(27-2)20(28-3)12-17(16)18(24)13-23(26)29-4/h5-8,11-12,18H,9-10,13-14H2,1-4H3/t18-/m1/s1. The van der Waals surface area contributed by atoms with Crippen molar-refractivity contribution in [2.45, 2.75) is 30.7 Å². The topological polar surface area (TPSA) is 65.1 Å². The van der Waals surface area contributed by atoms with E-state index < -0.39 is 6.04 Å². The lowest BCUT2D eigenvalue weighted by atomic mass is 9.90. The molecule has 0 N–H and O–H groups in total. The summed E-state index contributed by atoms with van der Waals surface area (Å²) in [5.74, 6) is 1.17. The molecule has 0 saturated carbocycles. The lowest BCUT2D eigenvalue weighted by molar-refractivity contribution is -0.143. The van der Waals surface area contributed by atoms with Crippen LogP contribution in [0.25, 0.3) is 0 Å². The number of aryl methyl sites for hydroxylation is 1. The average molecular weight is 430 g/mol. The molecule has 1 aliphatic heterocycles. The highest BCUT2D eigenvalue weighted by Gasteiger charge is 2.33. The number of ether oxygens (including phenoxy) is 3. The number of methoxy groups -OCH3 is 3.